The van der Waals surface area contributed by atoms with E-state index in [1.807, 2.05) is 5.32 Å². The molecule has 0 saturated carbocycles. The maximum Gasteiger partial charge on any atom is 0.336 e. The summed E-state index contributed by atoms with van der Waals surface area (Å²) in [7, 11) is 0. The van der Waals surface area contributed by atoms with Crippen LogP contribution in [-0.2, 0) is 49.6 Å². The highest BCUT2D eigenvalue weighted by molar-refractivity contribution is 6.13. The summed E-state index contributed by atoms with van der Waals surface area (Å²) in [6.07, 6.45) is 2.82. The zero-order valence-electron chi connectivity index (χ0n) is 28.8. The van der Waals surface area contributed by atoms with Crippen LogP contribution in [0.2, 0.25) is 0 Å². The van der Waals surface area contributed by atoms with Crippen molar-refractivity contribution in [3.8, 4) is 0 Å². The van der Waals surface area contributed by atoms with Gasteiger partial charge >= 0.3 is 5.97 Å². The number of benzene rings is 1. The normalized spacial score (nSPS) is 21.3. The number of guanidine groups is 1. The van der Waals surface area contributed by atoms with E-state index in [0.717, 1.165) is 17.1 Å². The van der Waals surface area contributed by atoms with Crippen LogP contribution in [0.4, 0.5) is 0 Å². The molecule has 0 spiro atoms. The van der Waals surface area contributed by atoms with Crippen LogP contribution in [0.25, 0.3) is 0 Å². The first-order valence-electron chi connectivity index (χ1n) is 16.9. The quantitative estimate of drug-likeness (QED) is 0.0273. The molecule has 2 aliphatic rings. The highest BCUT2D eigenvalue weighted by Crippen LogP contribution is 2.09. The molecule has 3 rings (SSSR count). The third kappa shape index (κ3) is 13.7. The lowest BCUT2D eigenvalue weighted by Crippen LogP contribution is -2.59. The summed E-state index contributed by atoms with van der Waals surface area (Å²) in [5.41, 5.74) is 5.90. The Morgan fingerprint density at radius 3 is 2.00 bits per heavy atom. The molecule has 2 aliphatic heterocycles. The molecule has 1 fully saturated rings. The number of nitrogens with two attached hydrogens (primary N) is 1. The zero-order chi connectivity index (χ0) is 38.9. The molecule has 0 radical (unpaired) electrons. The third-order valence-electron chi connectivity index (χ3n) is 8.11. The van der Waals surface area contributed by atoms with E-state index >= 15 is 0 Å². The molecular weight excluding hydrogens is 696 g/mol. The molecule has 20 nitrogen and oxygen atoms in total. The molecule has 1 aromatic carbocycles. The maximum absolute atomic E-state index is 13.8. The largest absolute Gasteiger partial charge is 0.479 e. The summed E-state index contributed by atoms with van der Waals surface area (Å²) >= 11 is 0. The van der Waals surface area contributed by atoms with Crippen molar-refractivity contribution in [1.82, 2.24) is 42.1 Å². The molecule has 20 heteroatoms. The number of aliphatic carboxylic acids is 1. The number of amides is 8. The molecule has 286 valence electrons. The highest BCUT2D eigenvalue weighted by atomic mass is 16.4. The molecule has 1 aromatic rings. The van der Waals surface area contributed by atoms with Gasteiger partial charge in [0.25, 0.3) is 17.7 Å². The number of hydrogen-bond donors (Lipinski definition) is 10. The average Bonchev–Trinajstić information content (AvgIpc) is 3.44. The molecule has 11 N–H and O–H groups in total. The number of carbonyl (C=O) groups excluding carboxylic acids is 8. The first kappa shape index (κ1) is 41.1. The molecule has 0 bridgehead atoms. The number of carboxylic acid groups (broad SMARTS) is 1. The Morgan fingerprint density at radius 2 is 1.36 bits per heavy atom. The number of rotatable bonds is 15. The van der Waals surface area contributed by atoms with Crippen LogP contribution in [0.5, 0.6) is 0 Å². The van der Waals surface area contributed by atoms with Gasteiger partial charge in [-0.1, -0.05) is 30.3 Å². The molecule has 0 aromatic heterocycles. The number of imide groups is 1. The van der Waals surface area contributed by atoms with Crippen LogP contribution >= 0.6 is 0 Å². The van der Waals surface area contributed by atoms with Gasteiger partial charge in [-0.25, -0.2) is 4.79 Å². The van der Waals surface area contributed by atoms with Crippen LogP contribution in [0.3, 0.4) is 0 Å². The average molecular weight is 741 g/mol. The Hall–Kier alpha value is -6.34. The molecule has 4 atom stereocenters. The SMILES string of the molecule is N=C(N)NCCC[C@@H]1NC(=O)C(CCCCNC(=O)CCN2C(=O)C=CC2=O)NC(=O)[C@@H](Cc2ccccc2)NC(=O)[C@@H](C(=O)O)NC(=O)CNC1=O. The van der Waals surface area contributed by atoms with Gasteiger partial charge in [-0.15, -0.1) is 0 Å². The smallest absolute Gasteiger partial charge is 0.336 e. The Kier molecular flexibility index (Phi) is 15.9. The van der Waals surface area contributed by atoms with E-state index in [4.69, 9.17) is 11.1 Å². The van der Waals surface area contributed by atoms with Gasteiger partial charge in [0, 0.05) is 44.6 Å². The minimum absolute atomic E-state index is 0.0000778. The van der Waals surface area contributed by atoms with Crippen molar-refractivity contribution in [1.29, 1.82) is 5.41 Å². The van der Waals surface area contributed by atoms with E-state index in [-0.39, 0.29) is 64.1 Å². The Morgan fingerprint density at radius 1 is 0.774 bits per heavy atom. The Balaban J connectivity index is 1.79. The summed E-state index contributed by atoms with van der Waals surface area (Å²) < 4.78 is 0. The standard InChI is InChI=1S/C33H44N10O10/c34-33(35)37-15-6-10-20-28(48)38-18-24(45)42-27(32(52)53)31(51)41-22(17-19-7-2-1-3-8-19)30(50)40-21(29(49)39-20)9-4-5-14-36-23(44)13-16-43-25(46)11-12-26(43)47/h1-3,7-8,11-12,20-22,27H,4-6,9-10,13-18H2,(H,36,44)(H,38,48)(H,39,49)(H,40,50)(H,41,51)(H,42,45)(H,52,53)(H4,34,35,37)/t20-,21?,22+,27-/m0/s1. The second-order valence-electron chi connectivity index (χ2n) is 12.2. The van der Waals surface area contributed by atoms with Crippen molar-refractivity contribution in [2.24, 2.45) is 5.73 Å². The summed E-state index contributed by atoms with van der Waals surface area (Å²) in [5, 5.41) is 34.2. The van der Waals surface area contributed by atoms with Gasteiger partial charge in [0.2, 0.25) is 35.6 Å². The fourth-order valence-corrected chi connectivity index (χ4v) is 5.32. The Labute approximate surface area is 303 Å². The van der Waals surface area contributed by atoms with Crippen LogP contribution in [0.15, 0.2) is 42.5 Å². The fraction of sp³-hybridized carbons (Fsp3) is 0.455. The van der Waals surface area contributed by atoms with E-state index in [1.54, 1.807) is 30.3 Å². The number of unbranched alkanes of at least 4 members (excludes halogenated alkanes) is 1. The Bertz CT molecular complexity index is 1580. The third-order valence-corrected chi connectivity index (χ3v) is 8.11. The summed E-state index contributed by atoms with van der Waals surface area (Å²) in [6, 6.07) is 2.41. The summed E-state index contributed by atoms with van der Waals surface area (Å²) in [5.74, 6) is -8.16. The van der Waals surface area contributed by atoms with Crippen LogP contribution < -0.4 is 43.0 Å². The van der Waals surface area contributed by atoms with Gasteiger partial charge < -0.3 is 48.1 Å². The molecule has 1 unspecified atom stereocenters. The number of nitrogens with one attached hydrogen (secondary N) is 8. The second-order valence-corrected chi connectivity index (χ2v) is 12.2. The molecule has 8 amide bonds. The van der Waals surface area contributed by atoms with Gasteiger partial charge in [0.15, 0.2) is 5.96 Å². The van der Waals surface area contributed by atoms with Gasteiger partial charge in [-0.3, -0.25) is 48.7 Å². The molecule has 0 aliphatic carbocycles. The van der Waals surface area contributed by atoms with E-state index in [0.29, 0.717) is 12.0 Å². The fourth-order valence-electron chi connectivity index (χ4n) is 5.32. The van der Waals surface area contributed by atoms with Crippen molar-refractivity contribution in [3.63, 3.8) is 0 Å². The zero-order valence-corrected chi connectivity index (χ0v) is 28.8. The molecular formula is C33H44N10O10. The summed E-state index contributed by atoms with van der Waals surface area (Å²) in [6.45, 7) is -0.518. The second kappa shape index (κ2) is 20.5. The number of hydrogen-bond acceptors (Lipinski definition) is 10. The topological polar surface area (TPSA) is 311 Å². The van der Waals surface area contributed by atoms with Crippen molar-refractivity contribution in [2.45, 2.75) is 69.1 Å². The first-order chi connectivity index (χ1) is 25.2. The van der Waals surface area contributed by atoms with Gasteiger partial charge in [-0.2, -0.15) is 0 Å². The van der Waals surface area contributed by atoms with E-state index in [1.165, 1.54) is 0 Å². The highest BCUT2D eigenvalue weighted by Gasteiger charge is 2.35. The lowest BCUT2D eigenvalue weighted by atomic mass is 10.0. The van der Waals surface area contributed by atoms with E-state index in [2.05, 4.69) is 31.9 Å². The molecule has 2 heterocycles. The van der Waals surface area contributed by atoms with Crippen LogP contribution in [0.1, 0.15) is 44.1 Å². The van der Waals surface area contributed by atoms with Crippen LogP contribution in [0, 0.1) is 5.41 Å². The number of carboxylic acids is 1. The molecule has 1 saturated heterocycles. The summed E-state index contributed by atoms with van der Waals surface area (Å²) in [4.78, 5) is 115. The van der Waals surface area contributed by atoms with E-state index < -0.39 is 83.9 Å². The number of nitrogens with zero attached hydrogens (tertiary/aromatic N) is 1. The molecule has 53 heavy (non-hydrogen) atoms. The maximum atomic E-state index is 13.8. The van der Waals surface area contributed by atoms with E-state index in [9.17, 15) is 48.3 Å². The minimum atomic E-state index is -2.12. The van der Waals surface area contributed by atoms with Crippen molar-refractivity contribution in [3.05, 3.63) is 48.0 Å². The van der Waals surface area contributed by atoms with Gasteiger partial charge in [-0.05, 0) is 37.7 Å². The van der Waals surface area contributed by atoms with Crippen molar-refractivity contribution >= 4 is 59.2 Å². The monoisotopic (exact) mass is 740 g/mol. The van der Waals surface area contributed by atoms with Crippen LogP contribution in [-0.4, -0.2) is 120 Å². The number of carbonyl (C=O) groups is 9. The lowest BCUT2D eigenvalue weighted by molar-refractivity contribution is -0.147. The first-order valence-corrected chi connectivity index (χ1v) is 16.9. The van der Waals surface area contributed by atoms with Crippen molar-refractivity contribution < 1.29 is 48.3 Å². The van der Waals surface area contributed by atoms with Gasteiger partial charge in [0.05, 0.1) is 6.54 Å². The van der Waals surface area contributed by atoms with Crippen molar-refractivity contribution in [2.75, 3.05) is 26.2 Å². The predicted octanol–water partition coefficient (Wildman–Crippen LogP) is -3.75. The predicted molar refractivity (Wildman–Crippen MR) is 185 cm³/mol. The lowest BCUT2D eigenvalue weighted by Gasteiger charge is -2.25. The minimum Gasteiger partial charge on any atom is -0.479 e. The van der Waals surface area contributed by atoms with Gasteiger partial charge in [0.1, 0.15) is 18.1 Å².